The minimum atomic E-state index is -0.472. The van der Waals surface area contributed by atoms with Gasteiger partial charge in [-0.15, -0.1) is 17.5 Å². The Morgan fingerprint density at radius 2 is 2.00 bits per heavy atom. The third kappa shape index (κ3) is 4.83. The van der Waals surface area contributed by atoms with Crippen molar-refractivity contribution in [3.8, 4) is 11.4 Å². The molecule has 1 amide bonds. The summed E-state index contributed by atoms with van der Waals surface area (Å²) in [5.41, 5.74) is 2.32. The maximum Gasteiger partial charge on any atom is 0.242 e. The number of aromatic nitrogens is 5. The van der Waals surface area contributed by atoms with Crippen LogP contribution in [0.5, 0.6) is 5.75 Å². The Kier molecular flexibility index (Phi) is 6.91. The van der Waals surface area contributed by atoms with Crippen molar-refractivity contribution in [2.45, 2.75) is 12.6 Å². The zero-order valence-corrected chi connectivity index (χ0v) is 16.1. The Bertz CT molecular complexity index is 876. The summed E-state index contributed by atoms with van der Waals surface area (Å²) in [6, 6.07) is 7.00. The molecule has 2 heterocycles. The van der Waals surface area contributed by atoms with Crippen LogP contribution in [0.3, 0.4) is 0 Å². The van der Waals surface area contributed by atoms with E-state index in [4.69, 9.17) is 4.74 Å². The van der Waals surface area contributed by atoms with Crippen molar-refractivity contribution >= 4 is 18.3 Å². The molecule has 1 unspecified atom stereocenters. The van der Waals surface area contributed by atoms with E-state index in [-0.39, 0.29) is 24.9 Å². The van der Waals surface area contributed by atoms with Gasteiger partial charge in [0.05, 0.1) is 31.7 Å². The first-order valence-corrected chi connectivity index (χ1v) is 8.10. The molecule has 144 valence electrons. The largest absolute Gasteiger partial charge is 0.497 e. The molecule has 0 bridgehead atoms. The van der Waals surface area contributed by atoms with E-state index in [1.54, 1.807) is 42.1 Å². The van der Waals surface area contributed by atoms with Crippen LogP contribution in [0, 0.1) is 0 Å². The molecule has 0 spiro atoms. The summed E-state index contributed by atoms with van der Waals surface area (Å²) in [6.07, 6.45) is 5.25. The summed E-state index contributed by atoms with van der Waals surface area (Å²) >= 11 is 0. The van der Waals surface area contributed by atoms with Crippen molar-refractivity contribution in [2.75, 3.05) is 14.2 Å². The topological polar surface area (TPSA) is 98.9 Å². The number of nitrogens with one attached hydrogen (secondary N) is 2. The number of amides is 1. The van der Waals surface area contributed by atoms with Gasteiger partial charge in [0.15, 0.2) is 0 Å². The number of rotatable bonds is 7. The van der Waals surface area contributed by atoms with Crippen molar-refractivity contribution in [3.05, 3.63) is 54.1 Å². The summed E-state index contributed by atoms with van der Waals surface area (Å²) < 4.78 is 8.45. The highest BCUT2D eigenvalue weighted by atomic mass is 35.5. The molecular weight excluding hydrogens is 370 g/mol. The number of methoxy groups -OCH3 is 1. The Balaban J connectivity index is 0.00000261. The van der Waals surface area contributed by atoms with Crippen LogP contribution < -0.4 is 15.4 Å². The molecule has 9 nitrogen and oxygen atoms in total. The zero-order valence-electron chi connectivity index (χ0n) is 15.3. The van der Waals surface area contributed by atoms with Crippen LogP contribution in [0.2, 0.25) is 0 Å². The summed E-state index contributed by atoms with van der Waals surface area (Å²) in [4.78, 5) is 12.4. The van der Waals surface area contributed by atoms with E-state index >= 15 is 0 Å². The van der Waals surface area contributed by atoms with Gasteiger partial charge in [-0.25, -0.2) is 4.68 Å². The highest BCUT2D eigenvalue weighted by molar-refractivity contribution is 5.85. The Labute approximate surface area is 163 Å². The van der Waals surface area contributed by atoms with E-state index in [9.17, 15) is 4.79 Å². The van der Waals surface area contributed by atoms with Gasteiger partial charge >= 0.3 is 0 Å². The van der Waals surface area contributed by atoms with Crippen molar-refractivity contribution in [2.24, 2.45) is 7.05 Å². The molecule has 0 aliphatic carbocycles. The predicted octanol–water partition coefficient (Wildman–Crippen LogP) is 1.01. The second kappa shape index (κ2) is 9.15. The van der Waals surface area contributed by atoms with Crippen LogP contribution in [0.25, 0.3) is 5.69 Å². The van der Waals surface area contributed by atoms with Gasteiger partial charge in [0, 0.05) is 18.8 Å². The molecule has 0 saturated carbocycles. The van der Waals surface area contributed by atoms with Crippen LogP contribution >= 0.6 is 12.4 Å². The summed E-state index contributed by atoms with van der Waals surface area (Å²) in [7, 11) is 5.16. The average Bonchev–Trinajstić information content (AvgIpc) is 3.30. The molecular formula is C17H22ClN7O2. The van der Waals surface area contributed by atoms with E-state index in [1.807, 2.05) is 31.3 Å². The third-order valence-corrected chi connectivity index (χ3v) is 3.93. The smallest absolute Gasteiger partial charge is 0.242 e. The molecule has 0 aliphatic rings. The fraction of sp³-hybridized carbons (Fsp3) is 0.294. The van der Waals surface area contributed by atoms with Gasteiger partial charge in [0.1, 0.15) is 17.5 Å². The van der Waals surface area contributed by atoms with Crippen LogP contribution in [0.4, 0.5) is 0 Å². The molecule has 27 heavy (non-hydrogen) atoms. The molecule has 0 aliphatic heterocycles. The second-order valence-corrected chi connectivity index (χ2v) is 5.74. The van der Waals surface area contributed by atoms with Gasteiger partial charge in [0.25, 0.3) is 0 Å². The summed E-state index contributed by atoms with van der Waals surface area (Å²) in [5.74, 6) is 0.620. The first kappa shape index (κ1) is 20.4. The molecule has 2 aromatic heterocycles. The molecule has 10 heteroatoms. The molecule has 2 N–H and O–H groups in total. The van der Waals surface area contributed by atoms with Crippen LogP contribution in [0.15, 0.2) is 42.9 Å². The van der Waals surface area contributed by atoms with Crippen molar-refractivity contribution in [3.63, 3.8) is 0 Å². The molecule has 1 atom stereocenters. The summed E-state index contributed by atoms with van der Waals surface area (Å²) in [6.45, 7) is 0.285. The van der Waals surface area contributed by atoms with E-state index in [0.717, 1.165) is 17.0 Å². The number of likely N-dealkylation sites (N-methyl/N-ethyl adjacent to an activating group) is 1. The lowest BCUT2D eigenvalue weighted by atomic mass is 10.1. The van der Waals surface area contributed by atoms with E-state index in [1.165, 1.54) is 0 Å². The van der Waals surface area contributed by atoms with Gasteiger partial charge in [-0.3, -0.25) is 9.48 Å². The van der Waals surface area contributed by atoms with E-state index in [2.05, 4.69) is 26.0 Å². The number of halogens is 1. The highest BCUT2D eigenvalue weighted by Crippen LogP contribution is 2.14. The van der Waals surface area contributed by atoms with E-state index < -0.39 is 6.04 Å². The van der Waals surface area contributed by atoms with Crippen LogP contribution in [-0.2, 0) is 18.4 Å². The first-order chi connectivity index (χ1) is 12.6. The monoisotopic (exact) mass is 391 g/mol. The average molecular weight is 392 g/mol. The second-order valence-electron chi connectivity index (χ2n) is 5.74. The fourth-order valence-electron chi connectivity index (χ4n) is 2.56. The number of hydrogen-bond donors (Lipinski definition) is 2. The number of benzene rings is 1. The van der Waals surface area contributed by atoms with Crippen molar-refractivity contribution in [1.82, 2.24) is 35.4 Å². The number of carbonyl (C=O) groups excluding carboxylic acids is 1. The third-order valence-electron chi connectivity index (χ3n) is 3.93. The minimum Gasteiger partial charge on any atom is -0.497 e. The Hall–Kier alpha value is -2.91. The lowest BCUT2D eigenvalue weighted by Gasteiger charge is -2.13. The fourth-order valence-corrected chi connectivity index (χ4v) is 2.56. The lowest BCUT2D eigenvalue weighted by Crippen LogP contribution is -2.35. The standard InChI is InChI=1S/C17H21N7O2.ClH/c1-18-16(12-8-20-23(2)10-12)17(25)19-9-13-11-24(22-21-13)14-4-6-15(26-3)7-5-14;/h4-8,10-11,16,18H,9H2,1-3H3,(H,19,25);1H. The zero-order chi connectivity index (χ0) is 18.5. The van der Waals surface area contributed by atoms with Crippen LogP contribution in [0.1, 0.15) is 17.3 Å². The minimum absolute atomic E-state index is 0. The Morgan fingerprint density at radius 3 is 2.59 bits per heavy atom. The number of nitrogens with zero attached hydrogens (tertiary/aromatic N) is 5. The van der Waals surface area contributed by atoms with Gasteiger partial charge in [-0.2, -0.15) is 5.10 Å². The van der Waals surface area contributed by atoms with E-state index in [0.29, 0.717) is 5.69 Å². The van der Waals surface area contributed by atoms with Gasteiger partial charge in [0.2, 0.25) is 5.91 Å². The van der Waals surface area contributed by atoms with Gasteiger partial charge in [-0.05, 0) is 31.3 Å². The molecule has 1 aromatic carbocycles. The maximum atomic E-state index is 12.4. The number of hydrogen-bond acceptors (Lipinski definition) is 6. The number of ether oxygens (including phenoxy) is 1. The molecule has 3 aromatic rings. The van der Waals surface area contributed by atoms with Crippen LogP contribution in [-0.4, -0.2) is 44.8 Å². The number of carbonyl (C=O) groups is 1. The summed E-state index contributed by atoms with van der Waals surface area (Å²) in [5, 5.41) is 18.1. The highest BCUT2D eigenvalue weighted by Gasteiger charge is 2.20. The van der Waals surface area contributed by atoms with Gasteiger partial charge in [-0.1, -0.05) is 5.21 Å². The molecule has 3 rings (SSSR count). The first-order valence-electron chi connectivity index (χ1n) is 8.10. The SMILES string of the molecule is CNC(C(=O)NCc1cn(-c2ccc(OC)cc2)nn1)c1cnn(C)c1.Cl. The van der Waals surface area contributed by atoms with Crippen molar-refractivity contribution < 1.29 is 9.53 Å². The number of aryl methyl sites for hydroxylation is 1. The lowest BCUT2D eigenvalue weighted by molar-refractivity contribution is -0.123. The molecule has 0 fully saturated rings. The normalized spacial score (nSPS) is 11.5. The predicted molar refractivity (Wildman–Crippen MR) is 102 cm³/mol. The molecule has 0 saturated heterocycles. The van der Waals surface area contributed by atoms with Gasteiger partial charge < -0.3 is 15.4 Å². The quantitative estimate of drug-likeness (QED) is 0.623. The Morgan fingerprint density at radius 1 is 1.26 bits per heavy atom. The van der Waals surface area contributed by atoms with Crippen molar-refractivity contribution in [1.29, 1.82) is 0 Å². The molecule has 0 radical (unpaired) electrons. The maximum absolute atomic E-state index is 12.4.